The molecule has 0 saturated carbocycles. The first-order valence-corrected chi connectivity index (χ1v) is 7.65. The summed E-state index contributed by atoms with van der Waals surface area (Å²) in [6.45, 7) is 0. The Labute approximate surface area is 98.7 Å². The molecule has 1 heterocycles. The molecule has 0 atom stereocenters. The zero-order valence-corrected chi connectivity index (χ0v) is 10.4. The van der Waals surface area contributed by atoms with E-state index < -0.39 is 9.84 Å². The standard InChI is InChI=1S/C11H11NO2S2/c1-16(13,14)7-9-4-2-3-5-10(9)11-6-12-8-15-11/h2-6,8H,7H2,1H3. The van der Waals surface area contributed by atoms with Gasteiger partial charge >= 0.3 is 0 Å². The van der Waals surface area contributed by atoms with Crippen LogP contribution < -0.4 is 0 Å². The van der Waals surface area contributed by atoms with Gasteiger partial charge in [-0.3, -0.25) is 4.98 Å². The van der Waals surface area contributed by atoms with Gasteiger partial charge in [-0.1, -0.05) is 24.3 Å². The maximum atomic E-state index is 11.3. The molecule has 0 unspecified atom stereocenters. The molecule has 0 saturated heterocycles. The first kappa shape index (κ1) is 11.3. The highest BCUT2D eigenvalue weighted by Crippen LogP contribution is 2.27. The van der Waals surface area contributed by atoms with E-state index in [-0.39, 0.29) is 5.75 Å². The van der Waals surface area contributed by atoms with Crippen molar-refractivity contribution in [3.05, 3.63) is 41.5 Å². The van der Waals surface area contributed by atoms with Gasteiger partial charge in [-0.05, 0) is 11.1 Å². The predicted octanol–water partition coefficient (Wildman–Crippen LogP) is 2.35. The van der Waals surface area contributed by atoms with Gasteiger partial charge in [0.05, 0.1) is 16.1 Å². The van der Waals surface area contributed by atoms with Gasteiger partial charge < -0.3 is 0 Å². The van der Waals surface area contributed by atoms with E-state index >= 15 is 0 Å². The molecule has 0 N–H and O–H groups in total. The Hall–Kier alpha value is -1.20. The Morgan fingerprint density at radius 2 is 2.06 bits per heavy atom. The molecule has 2 aromatic rings. The van der Waals surface area contributed by atoms with Crippen LogP contribution in [0.1, 0.15) is 5.56 Å². The monoisotopic (exact) mass is 253 g/mol. The first-order chi connectivity index (χ1) is 7.56. The number of nitrogens with zero attached hydrogens (tertiary/aromatic N) is 1. The summed E-state index contributed by atoms with van der Waals surface area (Å²) in [6, 6.07) is 7.52. The second-order valence-electron chi connectivity index (χ2n) is 3.59. The van der Waals surface area contributed by atoms with Gasteiger partial charge in [0.2, 0.25) is 0 Å². The minimum atomic E-state index is -3.01. The highest BCUT2D eigenvalue weighted by Gasteiger charge is 2.10. The molecule has 0 amide bonds. The van der Waals surface area contributed by atoms with Crippen molar-refractivity contribution < 1.29 is 8.42 Å². The van der Waals surface area contributed by atoms with Crippen LogP contribution in [0, 0.1) is 0 Å². The maximum absolute atomic E-state index is 11.3. The van der Waals surface area contributed by atoms with E-state index in [1.807, 2.05) is 24.3 Å². The fourth-order valence-corrected chi connectivity index (χ4v) is 3.02. The Kier molecular flexibility index (Phi) is 3.07. The van der Waals surface area contributed by atoms with Gasteiger partial charge in [-0.15, -0.1) is 11.3 Å². The lowest BCUT2D eigenvalue weighted by atomic mass is 10.1. The van der Waals surface area contributed by atoms with Crippen molar-refractivity contribution in [1.82, 2.24) is 4.98 Å². The molecule has 0 bridgehead atoms. The molecule has 0 aliphatic rings. The predicted molar refractivity (Wildman–Crippen MR) is 66.1 cm³/mol. The number of thiazole rings is 1. The van der Waals surface area contributed by atoms with Crippen molar-refractivity contribution in [2.75, 3.05) is 6.26 Å². The minimum absolute atomic E-state index is 0.0705. The lowest BCUT2D eigenvalue weighted by Gasteiger charge is -2.05. The van der Waals surface area contributed by atoms with E-state index in [1.165, 1.54) is 17.6 Å². The van der Waals surface area contributed by atoms with Crippen LogP contribution in [0.3, 0.4) is 0 Å². The van der Waals surface area contributed by atoms with Crippen LogP contribution in [0.15, 0.2) is 36.0 Å². The quantitative estimate of drug-likeness (QED) is 0.843. The molecule has 3 nitrogen and oxygen atoms in total. The van der Waals surface area contributed by atoms with Crippen molar-refractivity contribution in [2.45, 2.75) is 5.75 Å². The number of aromatic nitrogens is 1. The fourth-order valence-electron chi connectivity index (χ4n) is 1.52. The second kappa shape index (κ2) is 4.35. The molecule has 0 fully saturated rings. The van der Waals surface area contributed by atoms with Crippen LogP contribution in [-0.2, 0) is 15.6 Å². The van der Waals surface area contributed by atoms with Crippen molar-refractivity contribution >= 4 is 21.2 Å². The fraction of sp³-hybridized carbons (Fsp3) is 0.182. The largest absolute Gasteiger partial charge is 0.252 e. The summed E-state index contributed by atoms with van der Waals surface area (Å²) >= 11 is 1.51. The molecular formula is C11H11NO2S2. The average molecular weight is 253 g/mol. The third-order valence-electron chi connectivity index (χ3n) is 2.13. The lowest BCUT2D eigenvalue weighted by molar-refractivity contribution is 0.601. The zero-order valence-electron chi connectivity index (χ0n) is 8.75. The molecule has 16 heavy (non-hydrogen) atoms. The molecule has 2 rings (SSSR count). The minimum Gasteiger partial charge on any atom is -0.252 e. The molecule has 1 aromatic carbocycles. The Morgan fingerprint density at radius 1 is 1.31 bits per heavy atom. The highest BCUT2D eigenvalue weighted by molar-refractivity contribution is 7.89. The third-order valence-corrected chi connectivity index (χ3v) is 3.77. The summed E-state index contributed by atoms with van der Waals surface area (Å²) in [4.78, 5) is 5.00. The molecule has 84 valence electrons. The number of hydrogen-bond donors (Lipinski definition) is 0. The zero-order chi connectivity index (χ0) is 11.6. The molecular weight excluding hydrogens is 242 g/mol. The Balaban J connectivity index is 2.47. The molecule has 0 radical (unpaired) electrons. The van der Waals surface area contributed by atoms with Crippen LogP contribution in [0.4, 0.5) is 0 Å². The number of sulfone groups is 1. The third kappa shape index (κ3) is 2.68. The van der Waals surface area contributed by atoms with Crippen LogP contribution in [0.25, 0.3) is 10.4 Å². The Bertz CT molecular complexity index is 574. The van der Waals surface area contributed by atoms with Gasteiger partial charge in [-0.2, -0.15) is 0 Å². The molecule has 0 aliphatic carbocycles. The van der Waals surface area contributed by atoms with E-state index in [2.05, 4.69) is 4.98 Å². The smallest absolute Gasteiger partial charge is 0.151 e. The number of hydrogen-bond acceptors (Lipinski definition) is 4. The average Bonchev–Trinajstić information content (AvgIpc) is 2.69. The number of rotatable bonds is 3. The summed E-state index contributed by atoms with van der Waals surface area (Å²) < 4.78 is 22.6. The normalized spacial score (nSPS) is 11.6. The number of benzene rings is 1. The molecule has 0 spiro atoms. The molecule has 5 heteroatoms. The van der Waals surface area contributed by atoms with Crippen LogP contribution in [0.2, 0.25) is 0 Å². The summed E-state index contributed by atoms with van der Waals surface area (Å²) in [5.41, 5.74) is 3.52. The van der Waals surface area contributed by atoms with Gasteiger partial charge in [0, 0.05) is 12.5 Å². The van der Waals surface area contributed by atoms with Crippen LogP contribution in [0.5, 0.6) is 0 Å². The van der Waals surface area contributed by atoms with Crippen molar-refractivity contribution in [3.8, 4) is 10.4 Å². The maximum Gasteiger partial charge on any atom is 0.151 e. The second-order valence-corrected chi connectivity index (χ2v) is 6.62. The van der Waals surface area contributed by atoms with Crippen LogP contribution >= 0.6 is 11.3 Å². The summed E-state index contributed by atoms with van der Waals surface area (Å²) in [5, 5.41) is 0. The van der Waals surface area contributed by atoms with Gasteiger partial charge in [0.15, 0.2) is 9.84 Å². The summed E-state index contributed by atoms with van der Waals surface area (Å²) in [6.07, 6.45) is 3.00. The van der Waals surface area contributed by atoms with Crippen LogP contribution in [-0.4, -0.2) is 19.7 Å². The van der Waals surface area contributed by atoms with E-state index in [1.54, 1.807) is 11.7 Å². The Morgan fingerprint density at radius 3 is 2.69 bits per heavy atom. The summed E-state index contributed by atoms with van der Waals surface area (Å²) in [5.74, 6) is 0.0705. The lowest BCUT2D eigenvalue weighted by Crippen LogP contribution is -2.01. The van der Waals surface area contributed by atoms with E-state index in [4.69, 9.17) is 0 Å². The van der Waals surface area contributed by atoms with E-state index in [9.17, 15) is 8.42 Å². The topological polar surface area (TPSA) is 47.0 Å². The molecule has 1 aromatic heterocycles. The SMILES string of the molecule is CS(=O)(=O)Cc1ccccc1-c1cncs1. The van der Waals surface area contributed by atoms with Gasteiger partial charge in [0.25, 0.3) is 0 Å². The first-order valence-electron chi connectivity index (χ1n) is 4.71. The van der Waals surface area contributed by atoms with Crippen molar-refractivity contribution in [1.29, 1.82) is 0 Å². The highest BCUT2D eigenvalue weighted by atomic mass is 32.2. The molecule has 0 aliphatic heterocycles. The van der Waals surface area contributed by atoms with Crippen molar-refractivity contribution in [2.24, 2.45) is 0 Å². The summed E-state index contributed by atoms with van der Waals surface area (Å²) in [7, 11) is -3.01. The van der Waals surface area contributed by atoms with E-state index in [0.717, 1.165) is 16.0 Å². The van der Waals surface area contributed by atoms with Crippen molar-refractivity contribution in [3.63, 3.8) is 0 Å². The van der Waals surface area contributed by atoms with Gasteiger partial charge in [0.1, 0.15) is 0 Å². The van der Waals surface area contributed by atoms with Gasteiger partial charge in [-0.25, -0.2) is 8.42 Å². The van der Waals surface area contributed by atoms with E-state index in [0.29, 0.717) is 0 Å².